The van der Waals surface area contributed by atoms with E-state index in [1.807, 2.05) is 14.1 Å². The predicted octanol–water partition coefficient (Wildman–Crippen LogP) is 1.52. The summed E-state index contributed by atoms with van der Waals surface area (Å²) in [5, 5.41) is 0. The molecule has 1 aromatic rings. The molecule has 1 amide bonds. The van der Waals surface area contributed by atoms with E-state index in [2.05, 4.69) is 4.90 Å². The van der Waals surface area contributed by atoms with Gasteiger partial charge in [-0.3, -0.25) is 4.79 Å². The molecule has 1 aromatic carbocycles. The maximum Gasteiger partial charge on any atom is 0.248 e. The van der Waals surface area contributed by atoms with Gasteiger partial charge in [-0.1, -0.05) is 0 Å². The quantitative estimate of drug-likeness (QED) is 0.392. The van der Waals surface area contributed by atoms with Crippen LogP contribution in [0.4, 0.5) is 0 Å². The number of amides is 1. The summed E-state index contributed by atoms with van der Waals surface area (Å²) in [6.07, 6.45) is 1.86. The topological polar surface area (TPSA) is 88.6 Å². The molecule has 10 heteroatoms. The smallest absolute Gasteiger partial charge is 0.248 e. The SMILES string of the molecule is COc1cc(C)c(S(=O)(=O)N(C)CCOCC(=O)N(C)[C@H]2C[C@H](OCCN(C)C)C2)c(C)c1. The number of hydrogen-bond donors (Lipinski definition) is 0. The van der Waals surface area contributed by atoms with Gasteiger partial charge in [0, 0.05) is 33.2 Å². The molecule has 0 heterocycles. The third-order valence-electron chi connectivity index (χ3n) is 6.02. The third-order valence-corrected chi connectivity index (χ3v) is 8.18. The average molecular weight is 486 g/mol. The van der Waals surface area contributed by atoms with Crippen LogP contribution in [0.5, 0.6) is 5.75 Å². The van der Waals surface area contributed by atoms with Gasteiger partial charge in [0.15, 0.2) is 0 Å². The minimum absolute atomic E-state index is 0.0758. The van der Waals surface area contributed by atoms with E-state index < -0.39 is 10.0 Å². The summed E-state index contributed by atoms with van der Waals surface area (Å²) >= 11 is 0. The number of methoxy groups -OCH3 is 1. The summed E-state index contributed by atoms with van der Waals surface area (Å²) in [5.74, 6) is 0.509. The van der Waals surface area contributed by atoms with Crippen LogP contribution in [-0.4, -0.2) is 109 Å². The minimum Gasteiger partial charge on any atom is -0.497 e. The summed E-state index contributed by atoms with van der Waals surface area (Å²) in [6, 6.07) is 3.57. The molecule has 188 valence electrons. The molecule has 0 N–H and O–H groups in total. The second-order valence-electron chi connectivity index (χ2n) is 8.90. The summed E-state index contributed by atoms with van der Waals surface area (Å²) in [4.78, 5) is 16.5. The summed E-state index contributed by atoms with van der Waals surface area (Å²) in [6.45, 7) is 5.27. The van der Waals surface area contributed by atoms with Crippen molar-refractivity contribution < 1.29 is 27.4 Å². The lowest BCUT2D eigenvalue weighted by atomic mass is 9.88. The van der Waals surface area contributed by atoms with Gasteiger partial charge in [-0.2, -0.15) is 4.31 Å². The van der Waals surface area contributed by atoms with E-state index in [1.54, 1.807) is 45.0 Å². The van der Waals surface area contributed by atoms with Gasteiger partial charge in [0.25, 0.3) is 0 Å². The second kappa shape index (κ2) is 12.1. The van der Waals surface area contributed by atoms with Crippen LogP contribution in [0.3, 0.4) is 0 Å². The number of hydrogen-bond acceptors (Lipinski definition) is 7. The van der Waals surface area contributed by atoms with E-state index >= 15 is 0 Å². The molecule has 1 fully saturated rings. The number of nitrogens with zero attached hydrogens (tertiary/aromatic N) is 3. The number of sulfonamides is 1. The second-order valence-corrected chi connectivity index (χ2v) is 10.9. The van der Waals surface area contributed by atoms with Crippen molar-refractivity contribution in [2.75, 3.05) is 68.2 Å². The summed E-state index contributed by atoms with van der Waals surface area (Å²) < 4.78 is 43.8. The summed E-state index contributed by atoms with van der Waals surface area (Å²) in [5.41, 5.74) is 1.25. The van der Waals surface area contributed by atoms with Gasteiger partial charge < -0.3 is 24.0 Å². The number of aryl methyl sites for hydroxylation is 2. The monoisotopic (exact) mass is 485 g/mol. The number of carbonyl (C=O) groups excluding carboxylic acids is 1. The van der Waals surface area contributed by atoms with Gasteiger partial charge in [-0.25, -0.2) is 8.42 Å². The number of ether oxygens (including phenoxy) is 3. The molecule has 0 atom stereocenters. The van der Waals surface area contributed by atoms with Gasteiger partial charge in [0.1, 0.15) is 12.4 Å². The van der Waals surface area contributed by atoms with Gasteiger partial charge in [-0.15, -0.1) is 0 Å². The molecule has 0 saturated heterocycles. The zero-order chi connectivity index (χ0) is 24.8. The Balaban J connectivity index is 1.75. The Kier molecular flexibility index (Phi) is 10.1. The fourth-order valence-electron chi connectivity index (χ4n) is 3.76. The van der Waals surface area contributed by atoms with Crippen LogP contribution in [-0.2, 0) is 24.3 Å². The van der Waals surface area contributed by atoms with E-state index in [1.165, 1.54) is 11.4 Å². The Bertz CT molecular complexity index is 876. The fraction of sp³-hybridized carbons (Fsp3) is 0.696. The van der Waals surface area contributed by atoms with Crippen molar-refractivity contribution in [3.63, 3.8) is 0 Å². The Morgan fingerprint density at radius 1 is 1.03 bits per heavy atom. The van der Waals surface area contributed by atoms with E-state index in [0.29, 0.717) is 23.5 Å². The molecule has 0 unspecified atom stereocenters. The maximum absolute atomic E-state index is 13.0. The van der Waals surface area contributed by atoms with Crippen LogP contribution in [0.1, 0.15) is 24.0 Å². The van der Waals surface area contributed by atoms with Crippen molar-refractivity contribution in [2.24, 2.45) is 0 Å². The molecule has 0 spiro atoms. The molecular formula is C23H39N3O6S. The van der Waals surface area contributed by atoms with Crippen LogP contribution >= 0.6 is 0 Å². The lowest BCUT2D eigenvalue weighted by Gasteiger charge is -2.41. The van der Waals surface area contributed by atoms with Crippen LogP contribution in [0.2, 0.25) is 0 Å². The van der Waals surface area contributed by atoms with Gasteiger partial charge >= 0.3 is 0 Å². The third kappa shape index (κ3) is 7.38. The lowest BCUT2D eigenvalue weighted by Crippen LogP contribution is -2.50. The Labute approximate surface area is 198 Å². The van der Waals surface area contributed by atoms with Crippen molar-refractivity contribution in [1.29, 1.82) is 0 Å². The fourth-order valence-corrected chi connectivity index (χ4v) is 5.32. The number of benzene rings is 1. The van der Waals surface area contributed by atoms with Gasteiger partial charge in [0.2, 0.25) is 15.9 Å². The first-order valence-corrected chi connectivity index (χ1v) is 12.6. The number of rotatable bonds is 13. The van der Waals surface area contributed by atoms with Crippen molar-refractivity contribution in [3.05, 3.63) is 23.3 Å². The van der Waals surface area contributed by atoms with Crippen LogP contribution in [0.25, 0.3) is 0 Å². The highest BCUT2D eigenvalue weighted by atomic mass is 32.2. The number of likely N-dealkylation sites (N-methyl/N-ethyl adjacent to an activating group) is 3. The summed E-state index contributed by atoms with van der Waals surface area (Å²) in [7, 11) is 5.17. The van der Waals surface area contributed by atoms with Crippen LogP contribution in [0.15, 0.2) is 17.0 Å². The molecule has 33 heavy (non-hydrogen) atoms. The van der Waals surface area contributed by atoms with E-state index in [0.717, 1.165) is 19.4 Å². The van der Waals surface area contributed by atoms with Crippen molar-refractivity contribution in [3.8, 4) is 5.75 Å². The Morgan fingerprint density at radius 2 is 1.64 bits per heavy atom. The average Bonchev–Trinajstić information content (AvgIpc) is 2.70. The molecule has 1 aliphatic rings. The Hall–Kier alpha value is -1.72. The zero-order valence-electron chi connectivity index (χ0n) is 21.0. The van der Waals surface area contributed by atoms with Crippen molar-refractivity contribution >= 4 is 15.9 Å². The maximum atomic E-state index is 13.0. The Morgan fingerprint density at radius 3 is 2.18 bits per heavy atom. The lowest BCUT2D eigenvalue weighted by molar-refractivity contribution is -0.142. The normalized spacial score (nSPS) is 18.5. The molecule has 0 aliphatic heterocycles. The largest absolute Gasteiger partial charge is 0.497 e. The highest BCUT2D eigenvalue weighted by Gasteiger charge is 2.34. The van der Waals surface area contributed by atoms with Gasteiger partial charge in [0.05, 0.1) is 31.3 Å². The van der Waals surface area contributed by atoms with Gasteiger partial charge in [-0.05, 0) is 64.0 Å². The van der Waals surface area contributed by atoms with E-state index in [9.17, 15) is 13.2 Å². The van der Waals surface area contributed by atoms with Crippen LogP contribution in [0, 0.1) is 13.8 Å². The van der Waals surface area contributed by atoms with E-state index in [4.69, 9.17) is 14.2 Å². The molecule has 0 bridgehead atoms. The number of carbonyl (C=O) groups is 1. The molecule has 1 aliphatic carbocycles. The first kappa shape index (κ1) is 27.5. The molecule has 1 saturated carbocycles. The highest BCUT2D eigenvalue weighted by Crippen LogP contribution is 2.28. The molecule has 0 radical (unpaired) electrons. The van der Waals surface area contributed by atoms with Crippen LogP contribution < -0.4 is 4.74 Å². The van der Waals surface area contributed by atoms with Crippen molar-refractivity contribution in [2.45, 2.75) is 43.7 Å². The zero-order valence-corrected chi connectivity index (χ0v) is 21.8. The standard InChI is InChI=1S/C23H39N3O6S/c1-17-12-20(30-7)13-18(2)23(17)33(28,29)25(5)9-10-31-16-22(27)26(6)19-14-21(15-19)32-11-8-24(3)4/h12-13,19,21H,8-11,14-16H2,1-7H3/t19-,21-. The molecule has 0 aromatic heterocycles. The first-order valence-electron chi connectivity index (χ1n) is 11.2. The van der Waals surface area contributed by atoms with E-state index in [-0.39, 0.29) is 42.7 Å². The minimum atomic E-state index is -3.68. The highest BCUT2D eigenvalue weighted by molar-refractivity contribution is 7.89. The first-order chi connectivity index (χ1) is 15.5. The predicted molar refractivity (Wildman–Crippen MR) is 127 cm³/mol. The molecular weight excluding hydrogens is 446 g/mol. The molecule has 2 rings (SSSR count). The molecule has 9 nitrogen and oxygen atoms in total. The van der Waals surface area contributed by atoms with Crippen molar-refractivity contribution in [1.82, 2.24) is 14.1 Å².